The van der Waals surface area contributed by atoms with Crippen LogP contribution in [-0.4, -0.2) is 15.0 Å². The fourth-order valence-electron chi connectivity index (χ4n) is 12.2. The van der Waals surface area contributed by atoms with Crippen molar-refractivity contribution in [1.82, 2.24) is 15.0 Å². The molecule has 0 saturated heterocycles. The van der Waals surface area contributed by atoms with E-state index in [-0.39, 0.29) is 5.41 Å². The van der Waals surface area contributed by atoms with E-state index in [1.807, 2.05) is 0 Å². The Morgan fingerprint density at radius 2 is 0.898 bits per heavy atom. The zero-order valence-electron chi connectivity index (χ0n) is 32.7. The van der Waals surface area contributed by atoms with Crippen LogP contribution < -0.4 is 0 Å². The Morgan fingerprint density at radius 3 is 1.49 bits per heavy atom. The molecule has 4 nitrogen and oxygen atoms in total. The van der Waals surface area contributed by atoms with Crippen molar-refractivity contribution < 1.29 is 4.42 Å². The predicted octanol–water partition coefficient (Wildman–Crippen LogP) is 13.8. The van der Waals surface area contributed by atoms with Crippen molar-refractivity contribution in [2.75, 3.05) is 0 Å². The van der Waals surface area contributed by atoms with E-state index in [0.29, 0.717) is 29.3 Å². The van der Waals surface area contributed by atoms with Gasteiger partial charge in [0.1, 0.15) is 11.2 Å². The zero-order valence-corrected chi connectivity index (χ0v) is 32.7. The third-order valence-electron chi connectivity index (χ3n) is 14.5. The largest absolute Gasteiger partial charge is 0.456 e. The maximum Gasteiger partial charge on any atom is 0.164 e. The van der Waals surface area contributed by atoms with Crippen molar-refractivity contribution >= 4 is 21.9 Å². The van der Waals surface area contributed by atoms with Gasteiger partial charge in [0.25, 0.3) is 0 Å². The van der Waals surface area contributed by atoms with Crippen LogP contribution in [-0.2, 0) is 5.41 Å². The minimum absolute atomic E-state index is 0.0412. The normalized spacial score (nSPS) is 22.3. The Balaban J connectivity index is 0.986. The molecule has 5 aliphatic carbocycles. The molecule has 4 fully saturated rings. The molecule has 2 aromatic heterocycles. The Bertz CT molecular complexity index is 2960. The topological polar surface area (TPSA) is 51.8 Å². The summed E-state index contributed by atoms with van der Waals surface area (Å²) in [6.45, 7) is 0. The standard InChI is InChI=1S/C55H41N3O/c1-3-9-35(10-4-1)37-15-19-39(20-16-37)52-56-53(40-21-17-38(18-22-40)36-11-5-2-6-12-36)58-54(57-52)41-23-26-48-47(32-41)45-24-25-46-44-13-7-8-14-49(44)59-51(46)50(45)55(48)42-28-33-27-34(30-42)31-43(55)29-33/h1-26,32-34,42-43H,27-31H2. The lowest BCUT2D eigenvalue weighted by molar-refractivity contribution is -0.0396. The molecule has 0 radical (unpaired) electrons. The number of fused-ring (bicyclic) bond motifs is 7. The number of aromatic nitrogens is 3. The molecule has 0 atom stereocenters. The van der Waals surface area contributed by atoms with Gasteiger partial charge in [-0.05, 0) is 113 Å². The summed E-state index contributed by atoms with van der Waals surface area (Å²) in [5.74, 6) is 4.97. The van der Waals surface area contributed by atoms with Crippen LogP contribution in [0.15, 0.2) is 168 Å². The van der Waals surface area contributed by atoms with E-state index in [0.717, 1.165) is 50.8 Å². The van der Waals surface area contributed by atoms with Crippen molar-refractivity contribution in [3.05, 3.63) is 175 Å². The molecule has 0 amide bonds. The second-order valence-corrected chi connectivity index (χ2v) is 17.6. The van der Waals surface area contributed by atoms with Gasteiger partial charge < -0.3 is 4.42 Å². The molecule has 0 aliphatic heterocycles. The van der Waals surface area contributed by atoms with E-state index < -0.39 is 0 Å². The summed E-state index contributed by atoms with van der Waals surface area (Å²) in [4.78, 5) is 15.7. The van der Waals surface area contributed by atoms with Gasteiger partial charge in [0.15, 0.2) is 17.5 Å². The quantitative estimate of drug-likeness (QED) is 0.175. The molecular formula is C55H41N3O. The van der Waals surface area contributed by atoms with Crippen LogP contribution in [0.5, 0.6) is 0 Å². The van der Waals surface area contributed by atoms with Crippen molar-refractivity contribution in [2.24, 2.45) is 23.7 Å². The van der Waals surface area contributed by atoms with Gasteiger partial charge in [-0.2, -0.15) is 0 Å². The SMILES string of the molecule is c1ccc(-c2ccc(-c3nc(-c4ccc(-c5ccccc5)cc4)nc(-c4ccc5c(c4)-c4ccc6c(oc7ccccc76)c4C54C5CC6CC(C5)CC4C6)n3)cc2)cc1. The minimum atomic E-state index is -0.0412. The smallest absolute Gasteiger partial charge is 0.164 e. The van der Waals surface area contributed by atoms with E-state index in [1.54, 1.807) is 0 Å². The monoisotopic (exact) mass is 759 g/mol. The molecule has 1 spiro atoms. The van der Waals surface area contributed by atoms with Crippen LogP contribution in [0.2, 0.25) is 0 Å². The Kier molecular flexibility index (Phi) is 7.16. The average molecular weight is 760 g/mol. The second kappa shape index (κ2) is 12.7. The second-order valence-electron chi connectivity index (χ2n) is 17.6. The molecule has 59 heavy (non-hydrogen) atoms. The first-order valence-corrected chi connectivity index (χ1v) is 21.3. The molecule has 14 rings (SSSR count). The number of furan rings is 1. The molecule has 282 valence electrons. The van der Waals surface area contributed by atoms with Gasteiger partial charge in [0.2, 0.25) is 0 Å². The van der Waals surface area contributed by atoms with Crippen LogP contribution >= 0.6 is 0 Å². The van der Waals surface area contributed by atoms with Crippen LogP contribution in [0.1, 0.15) is 43.2 Å². The number of nitrogens with zero attached hydrogens (tertiary/aromatic N) is 3. The van der Waals surface area contributed by atoms with Crippen molar-refractivity contribution in [3.8, 4) is 67.5 Å². The summed E-state index contributed by atoms with van der Waals surface area (Å²) in [5, 5.41) is 2.45. The molecule has 0 N–H and O–H groups in total. The first-order chi connectivity index (χ1) is 29.2. The highest BCUT2D eigenvalue weighted by molar-refractivity contribution is 6.09. The summed E-state index contributed by atoms with van der Waals surface area (Å²) in [6.07, 6.45) is 6.69. The maximum atomic E-state index is 6.94. The summed E-state index contributed by atoms with van der Waals surface area (Å²) < 4.78 is 6.94. The highest BCUT2D eigenvalue weighted by atomic mass is 16.3. The van der Waals surface area contributed by atoms with Gasteiger partial charge in [-0.25, -0.2) is 15.0 Å². The van der Waals surface area contributed by atoms with E-state index in [1.165, 1.54) is 76.3 Å². The average Bonchev–Trinajstić information content (AvgIpc) is 3.82. The Hall–Kier alpha value is -6.65. The van der Waals surface area contributed by atoms with Crippen LogP contribution in [0.4, 0.5) is 0 Å². The van der Waals surface area contributed by atoms with E-state index in [9.17, 15) is 0 Å². The third kappa shape index (κ3) is 4.99. The van der Waals surface area contributed by atoms with Crippen molar-refractivity contribution in [2.45, 2.75) is 37.5 Å². The Morgan fingerprint density at radius 1 is 0.407 bits per heavy atom. The van der Waals surface area contributed by atoms with Gasteiger partial charge in [-0.15, -0.1) is 0 Å². The summed E-state index contributed by atoms with van der Waals surface area (Å²) in [7, 11) is 0. The molecule has 4 bridgehead atoms. The van der Waals surface area contributed by atoms with Crippen molar-refractivity contribution in [3.63, 3.8) is 0 Å². The first-order valence-electron chi connectivity index (χ1n) is 21.3. The molecule has 7 aromatic carbocycles. The molecular weight excluding hydrogens is 719 g/mol. The number of para-hydroxylation sites is 1. The lowest BCUT2D eigenvalue weighted by Crippen LogP contribution is -2.55. The number of hydrogen-bond donors (Lipinski definition) is 0. The van der Waals surface area contributed by atoms with E-state index in [2.05, 4.69) is 164 Å². The zero-order chi connectivity index (χ0) is 38.7. The van der Waals surface area contributed by atoms with Gasteiger partial charge in [-0.1, -0.05) is 146 Å². The molecule has 2 heterocycles. The summed E-state index contributed by atoms with van der Waals surface area (Å²) in [6, 6.07) is 58.6. The van der Waals surface area contributed by atoms with Gasteiger partial charge >= 0.3 is 0 Å². The molecule has 9 aromatic rings. The summed E-state index contributed by atoms with van der Waals surface area (Å²) in [5.41, 5.74) is 15.2. The van der Waals surface area contributed by atoms with E-state index >= 15 is 0 Å². The lowest BCUT2D eigenvalue weighted by Gasteiger charge is -2.61. The minimum Gasteiger partial charge on any atom is -0.456 e. The van der Waals surface area contributed by atoms with E-state index in [4.69, 9.17) is 19.4 Å². The first kappa shape index (κ1) is 33.3. The van der Waals surface area contributed by atoms with Gasteiger partial charge in [-0.3, -0.25) is 0 Å². The molecule has 4 saturated carbocycles. The lowest BCUT2D eigenvalue weighted by atomic mass is 9.43. The number of benzene rings is 7. The van der Waals surface area contributed by atoms with Crippen LogP contribution in [0.25, 0.3) is 89.5 Å². The number of hydrogen-bond acceptors (Lipinski definition) is 4. The van der Waals surface area contributed by atoms with Gasteiger partial charge in [0.05, 0.1) is 0 Å². The molecule has 4 heteroatoms. The molecule has 5 aliphatic rings. The predicted molar refractivity (Wildman–Crippen MR) is 238 cm³/mol. The fraction of sp³-hybridized carbons (Fsp3) is 0.182. The third-order valence-corrected chi connectivity index (χ3v) is 14.5. The fourth-order valence-corrected chi connectivity index (χ4v) is 12.2. The highest BCUT2D eigenvalue weighted by Crippen LogP contribution is 2.70. The molecule has 0 unspecified atom stereocenters. The summed E-state index contributed by atoms with van der Waals surface area (Å²) >= 11 is 0. The van der Waals surface area contributed by atoms with Crippen molar-refractivity contribution in [1.29, 1.82) is 0 Å². The van der Waals surface area contributed by atoms with Gasteiger partial charge in [0, 0.05) is 38.4 Å². The maximum absolute atomic E-state index is 6.94. The Labute approximate surface area is 343 Å². The van der Waals surface area contributed by atoms with Crippen LogP contribution in [0.3, 0.4) is 0 Å². The number of rotatable bonds is 5. The van der Waals surface area contributed by atoms with Crippen LogP contribution in [0, 0.1) is 23.7 Å². The highest BCUT2D eigenvalue weighted by Gasteiger charge is 2.62.